The van der Waals surface area contributed by atoms with E-state index < -0.39 is 6.04 Å². The molecular formula is C19H18N2O2. The lowest BCUT2D eigenvalue weighted by atomic mass is 10.1. The molecule has 0 radical (unpaired) electrons. The number of hydrogen-bond donors (Lipinski definition) is 2. The van der Waals surface area contributed by atoms with Crippen molar-refractivity contribution in [3.05, 3.63) is 67.3 Å². The second-order valence-corrected chi connectivity index (χ2v) is 5.35. The van der Waals surface area contributed by atoms with Crippen molar-refractivity contribution in [1.29, 1.82) is 0 Å². The van der Waals surface area contributed by atoms with E-state index in [1.807, 2.05) is 54.6 Å². The Balaban J connectivity index is 1.76. The number of para-hydroxylation sites is 1. The molecule has 116 valence electrons. The molecule has 3 N–H and O–H groups in total. The fraction of sp³-hybridized carbons (Fsp3) is 0.105. The van der Waals surface area contributed by atoms with E-state index in [0.717, 1.165) is 22.3 Å². The van der Waals surface area contributed by atoms with Gasteiger partial charge in [0.25, 0.3) is 0 Å². The van der Waals surface area contributed by atoms with Crippen molar-refractivity contribution in [3.8, 4) is 11.3 Å². The van der Waals surface area contributed by atoms with Crippen molar-refractivity contribution in [2.24, 2.45) is 5.73 Å². The summed E-state index contributed by atoms with van der Waals surface area (Å²) in [6, 6.07) is 16.8. The number of benzene rings is 2. The van der Waals surface area contributed by atoms with Crippen molar-refractivity contribution >= 4 is 22.6 Å². The molecule has 23 heavy (non-hydrogen) atoms. The molecule has 3 rings (SSSR count). The van der Waals surface area contributed by atoms with Crippen molar-refractivity contribution in [1.82, 2.24) is 0 Å². The van der Waals surface area contributed by atoms with Crippen LogP contribution in [0, 0.1) is 0 Å². The van der Waals surface area contributed by atoms with Crippen LogP contribution in [0.5, 0.6) is 0 Å². The fourth-order valence-corrected chi connectivity index (χ4v) is 2.36. The molecule has 2 aromatic carbocycles. The minimum atomic E-state index is -0.581. The smallest absolute Gasteiger partial charge is 0.241 e. The standard InChI is InChI=1S/C19H18N2O2/c1-2-5-16(20)19(22)21-15-10-8-13(9-11-15)18-12-14-6-3-4-7-17(14)23-18/h2-4,6-12,16H,1,5,20H2,(H,21,22)/t16-/m0/s1. The van der Waals surface area contributed by atoms with Gasteiger partial charge in [-0.25, -0.2) is 0 Å². The number of hydrogen-bond acceptors (Lipinski definition) is 3. The Morgan fingerprint density at radius 3 is 2.65 bits per heavy atom. The highest BCUT2D eigenvalue weighted by molar-refractivity contribution is 5.95. The van der Waals surface area contributed by atoms with Crippen molar-refractivity contribution < 1.29 is 9.21 Å². The second-order valence-electron chi connectivity index (χ2n) is 5.35. The van der Waals surface area contributed by atoms with E-state index in [9.17, 15) is 4.79 Å². The van der Waals surface area contributed by atoms with Crippen LogP contribution in [-0.4, -0.2) is 11.9 Å². The van der Waals surface area contributed by atoms with Gasteiger partial charge in [0.05, 0.1) is 6.04 Å². The number of nitrogens with one attached hydrogen (secondary N) is 1. The minimum absolute atomic E-state index is 0.221. The van der Waals surface area contributed by atoms with Gasteiger partial charge in [0.1, 0.15) is 11.3 Å². The molecule has 1 amide bonds. The molecule has 3 aromatic rings. The van der Waals surface area contributed by atoms with E-state index in [1.165, 1.54) is 0 Å². The molecule has 0 spiro atoms. The molecule has 4 nitrogen and oxygen atoms in total. The highest BCUT2D eigenvalue weighted by Gasteiger charge is 2.12. The molecule has 0 saturated carbocycles. The van der Waals surface area contributed by atoms with Gasteiger partial charge >= 0.3 is 0 Å². The summed E-state index contributed by atoms with van der Waals surface area (Å²) in [5.74, 6) is 0.578. The molecule has 0 bridgehead atoms. The van der Waals surface area contributed by atoms with Crippen molar-refractivity contribution in [2.45, 2.75) is 12.5 Å². The Kier molecular flexibility index (Phi) is 4.26. The van der Waals surface area contributed by atoms with Crippen LogP contribution in [-0.2, 0) is 4.79 Å². The quantitative estimate of drug-likeness (QED) is 0.701. The average molecular weight is 306 g/mol. The van der Waals surface area contributed by atoms with Gasteiger partial charge in [0.15, 0.2) is 0 Å². The lowest BCUT2D eigenvalue weighted by Gasteiger charge is -2.10. The molecule has 0 saturated heterocycles. The van der Waals surface area contributed by atoms with E-state index >= 15 is 0 Å². The lowest BCUT2D eigenvalue weighted by Crippen LogP contribution is -2.34. The molecule has 0 aliphatic heterocycles. The van der Waals surface area contributed by atoms with Gasteiger partial charge in [-0.15, -0.1) is 6.58 Å². The topological polar surface area (TPSA) is 68.3 Å². The maximum absolute atomic E-state index is 11.9. The number of rotatable bonds is 5. The first-order chi connectivity index (χ1) is 11.2. The summed E-state index contributed by atoms with van der Waals surface area (Å²) in [7, 11) is 0. The molecule has 1 atom stereocenters. The zero-order valence-corrected chi connectivity index (χ0v) is 12.7. The third-order valence-electron chi connectivity index (χ3n) is 3.62. The van der Waals surface area contributed by atoms with Gasteiger partial charge in [-0.1, -0.05) is 24.3 Å². The number of furan rings is 1. The minimum Gasteiger partial charge on any atom is -0.456 e. The third-order valence-corrected chi connectivity index (χ3v) is 3.62. The van der Waals surface area contributed by atoms with E-state index in [1.54, 1.807) is 6.08 Å². The second kappa shape index (κ2) is 6.50. The first-order valence-electron chi connectivity index (χ1n) is 7.44. The van der Waals surface area contributed by atoms with Crippen molar-refractivity contribution in [3.63, 3.8) is 0 Å². The Bertz CT molecular complexity index is 801. The first kappa shape index (κ1) is 15.1. The summed E-state index contributed by atoms with van der Waals surface area (Å²) in [6.45, 7) is 3.58. The monoisotopic (exact) mass is 306 g/mol. The third kappa shape index (κ3) is 3.33. The van der Waals surface area contributed by atoms with Crippen LogP contribution < -0.4 is 11.1 Å². The van der Waals surface area contributed by atoms with Crippen molar-refractivity contribution in [2.75, 3.05) is 5.32 Å². The summed E-state index contributed by atoms with van der Waals surface area (Å²) in [6.07, 6.45) is 2.08. The zero-order chi connectivity index (χ0) is 16.2. The number of carbonyl (C=O) groups excluding carboxylic acids is 1. The predicted molar refractivity (Wildman–Crippen MR) is 93.1 cm³/mol. The molecule has 1 heterocycles. The Labute approximate surface area is 134 Å². The van der Waals surface area contributed by atoms with Gasteiger partial charge in [0.2, 0.25) is 5.91 Å². The SMILES string of the molecule is C=CC[C@H](N)C(=O)Nc1ccc(-c2cc3ccccc3o2)cc1. The normalized spacial score (nSPS) is 12.0. The molecule has 0 aliphatic carbocycles. The molecule has 0 unspecified atom stereocenters. The van der Waals surface area contributed by atoms with Crippen LogP contribution in [0.2, 0.25) is 0 Å². The number of anilines is 1. The van der Waals surface area contributed by atoms with Crippen LogP contribution in [0.15, 0.2) is 71.7 Å². The van der Waals surface area contributed by atoms with Crippen LogP contribution in [0.4, 0.5) is 5.69 Å². The molecule has 0 aliphatic rings. The summed E-state index contributed by atoms with van der Waals surface area (Å²) < 4.78 is 5.83. The number of amides is 1. The largest absolute Gasteiger partial charge is 0.456 e. The molecule has 0 fully saturated rings. The lowest BCUT2D eigenvalue weighted by molar-refractivity contribution is -0.117. The number of carbonyl (C=O) groups is 1. The summed E-state index contributed by atoms with van der Waals surface area (Å²) >= 11 is 0. The summed E-state index contributed by atoms with van der Waals surface area (Å²) in [5.41, 5.74) is 8.25. The van der Waals surface area contributed by atoms with Crippen LogP contribution >= 0.6 is 0 Å². The van der Waals surface area contributed by atoms with E-state index in [-0.39, 0.29) is 5.91 Å². The van der Waals surface area contributed by atoms with E-state index in [0.29, 0.717) is 12.1 Å². The van der Waals surface area contributed by atoms with Gasteiger partial charge in [-0.2, -0.15) is 0 Å². The van der Waals surface area contributed by atoms with Gasteiger partial charge in [-0.3, -0.25) is 4.79 Å². The molecular weight excluding hydrogens is 288 g/mol. The van der Waals surface area contributed by atoms with Gasteiger partial charge in [-0.05, 0) is 42.8 Å². The first-order valence-corrected chi connectivity index (χ1v) is 7.44. The van der Waals surface area contributed by atoms with Crippen LogP contribution in [0.3, 0.4) is 0 Å². The molecule has 4 heteroatoms. The van der Waals surface area contributed by atoms with Crippen LogP contribution in [0.25, 0.3) is 22.3 Å². The predicted octanol–water partition coefficient (Wildman–Crippen LogP) is 3.94. The Morgan fingerprint density at radius 2 is 1.96 bits per heavy atom. The summed E-state index contributed by atoms with van der Waals surface area (Å²) in [5, 5.41) is 3.85. The number of fused-ring (bicyclic) bond motifs is 1. The number of nitrogens with two attached hydrogens (primary N) is 1. The van der Waals surface area contributed by atoms with E-state index in [4.69, 9.17) is 10.2 Å². The maximum Gasteiger partial charge on any atom is 0.241 e. The highest BCUT2D eigenvalue weighted by atomic mass is 16.3. The maximum atomic E-state index is 11.9. The van der Waals surface area contributed by atoms with E-state index in [2.05, 4.69) is 11.9 Å². The van der Waals surface area contributed by atoms with Crippen LogP contribution in [0.1, 0.15) is 6.42 Å². The zero-order valence-electron chi connectivity index (χ0n) is 12.7. The molecule has 1 aromatic heterocycles. The Hall–Kier alpha value is -2.85. The highest BCUT2D eigenvalue weighted by Crippen LogP contribution is 2.28. The summed E-state index contributed by atoms with van der Waals surface area (Å²) in [4.78, 5) is 11.9. The average Bonchev–Trinajstić information content (AvgIpc) is 2.99. The van der Waals surface area contributed by atoms with Gasteiger partial charge < -0.3 is 15.5 Å². The van der Waals surface area contributed by atoms with Gasteiger partial charge in [0, 0.05) is 16.6 Å². The fourth-order valence-electron chi connectivity index (χ4n) is 2.36. The Morgan fingerprint density at radius 1 is 1.22 bits per heavy atom.